The molecule has 0 bridgehead atoms. The Balaban J connectivity index is 2.26. The topological polar surface area (TPSA) is 37.3 Å². The molecule has 0 unspecified atom stereocenters. The van der Waals surface area contributed by atoms with Gasteiger partial charge in [0, 0.05) is 4.90 Å². The molecule has 2 nitrogen and oxygen atoms in total. The predicted octanol–water partition coefficient (Wildman–Crippen LogP) is 3.26. The summed E-state index contributed by atoms with van der Waals surface area (Å²) < 4.78 is -0.688. The number of hydrogen-bond acceptors (Lipinski definition) is 2. The summed E-state index contributed by atoms with van der Waals surface area (Å²) >= 11 is 1.47. The quantitative estimate of drug-likeness (QED) is 0.816. The number of carbonyl (C=O) groups is 1. The molecule has 0 radical (unpaired) electrons. The lowest BCUT2D eigenvalue weighted by Gasteiger charge is -2.23. The Hall–Kier alpha value is -1.22. The molecule has 3 heteroatoms. The van der Waals surface area contributed by atoms with Gasteiger partial charge in [-0.2, -0.15) is 0 Å². The van der Waals surface area contributed by atoms with Crippen molar-refractivity contribution >= 4 is 17.7 Å². The van der Waals surface area contributed by atoms with Gasteiger partial charge in [0.05, 0.1) is 0 Å². The van der Waals surface area contributed by atoms with E-state index in [2.05, 4.69) is 0 Å². The SMILES string of the molecule is Cc1ccccc1SC1(C(=O)O)CC=CC1. The van der Waals surface area contributed by atoms with E-state index in [0.29, 0.717) is 12.8 Å². The summed E-state index contributed by atoms with van der Waals surface area (Å²) in [5, 5.41) is 9.36. The van der Waals surface area contributed by atoms with Crippen molar-refractivity contribution in [2.45, 2.75) is 29.4 Å². The van der Waals surface area contributed by atoms with Crippen LogP contribution in [0.2, 0.25) is 0 Å². The van der Waals surface area contributed by atoms with E-state index in [0.717, 1.165) is 10.5 Å². The summed E-state index contributed by atoms with van der Waals surface area (Å²) in [6.45, 7) is 2.01. The van der Waals surface area contributed by atoms with E-state index in [1.165, 1.54) is 11.8 Å². The van der Waals surface area contributed by atoms with Crippen LogP contribution >= 0.6 is 11.8 Å². The predicted molar refractivity (Wildman–Crippen MR) is 65.8 cm³/mol. The molecule has 2 rings (SSSR count). The summed E-state index contributed by atoms with van der Waals surface area (Å²) in [5.74, 6) is -0.717. The van der Waals surface area contributed by atoms with Gasteiger partial charge in [-0.1, -0.05) is 30.4 Å². The van der Waals surface area contributed by atoms with Gasteiger partial charge in [-0.3, -0.25) is 4.79 Å². The summed E-state index contributed by atoms with van der Waals surface area (Å²) in [6.07, 6.45) is 5.14. The first-order valence-electron chi connectivity index (χ1n) is 5.27. The maximum Gasteiger partial charge on any atom is 0.320 e. The minimum Gasteiger partial charge on any atom is -0.480 e. The van der Waals surface area contributed by atoms with Crippen molar-refractivity contribution < 1.29 is 9.90 Å². The van der Waals surface area contributed by atoms with Gasteiger partial charge >= 0.3 is 5.97 Å². The van der Waals surface area contributed by atoms with Crippen molar-refractivity contribution in [2.75, 3.05) is 0 Å². The highest BCUT2D eigenvalue weighted by atomic mass is 32.2. The molecule has 0 spiro atoms. The molecule has 0 heterocycles. The third-order valence-electron chi connectivity index (χ3n) is 2.85. The van der Waals surface area contributed by atoms with Gasteiger partial charge < -0.3 is 5.11 Å². The lowest BCUT2D eigenvalue weighted by molar-refractivity contribution is -0.139. The molecule has 1 aromatic carbocycles. The van der Waals surface area contributed by atoms with Crippen LogP contribution in [0, 0.1) is 6.92 Å². The molecule has 0 atom stereocenters. The number of thioether (sulfide) groups is 1. The van der Waals surface area contributed by atoms with E-state index in [-0.39, 0.29) is 0 Å². The summed E-state index contributed by atoms with van der Waals surface area (Å²) in [4.78, 5) is 12.4. The fourth-order valence-corrected chi connectivity index (χ4v) is 3.06. The second kappa shape index (κ2) is 4.34. The molecule has 84 valence electrons. The highest BCUT2D eigenvalue weighted by Crippen LogP contribution is 2.43. The Labute approximate surface area is 99.4 Å². The summed E-state index contributed by atoms with van der Waals surface area (Å²) in [6, 6.07) is 7.93. The Morgan fingerprint density at radius 2 is 1.94 bits per heavy atom. The van der Waals surface area contributed by atoms with Gasteiger partial charge in [0.1, 0.15) is 4.75 Å². The normalized spacial score (nSPS) is 17.6. The number of carboxylic acid groups (broad SMARTS) is 1. The fourth-order valence-electron chi connectivity index (χ4n) is 1.81. The second-order valence-electron chi connectivity index (χ2n) is 4.05. The molecule has 0 saturated heterocycles. The summed E-state index contributed by atoms with van der Waals surface area (Å²) in [7, 11) is 0. The second-order valence-corrected chi connectivity index (χ2v) is 5.47. The molecular formula is C13H14O2S. The molecule has 0 amide bonds. The third-order valence-corrected chi connectivity index (χ3v) is 4.43. The van der Waals surface area contributed by atoms with Crippen molar-refractivity contribution in [1.82, 2.24) is 0 Å². The van der Waals surface area contributed by atoms with Gasteiger partial charge in [0.25, 0.3) is 0 Å². The molecule has 0 saturated carbocycles. The third kappa shape index (κ3) is 2.00. The highest BCUT2D eigenvalue weighted by Gasteiger charge is 2.40. The first-order chi connectivity index (χ1) is 7.64. The van der Waals surface area contributed by atoms with Crippen LogP contribution in [-0.4, -0.2) is 15.8 Å². The van der Waals surface area contributed by atoms with Gasteiger partial charge in [-0.15, -0.1) is 11.8 Å². The van der Waals surface area contributed by atoms with Crippen molar-refractivity contribution in [1.29, 1.82) is 0 Å². The zero-order chi connectivity index (χ0) is 11.6. The number of carboxylic acids is 1. The van der Waals surface area contributed by atoms with Crippen LogP contribution in [0.1, 0.15) is 18.4 Å². The van der Waals surface area contributed by atoms with Crippen LogP contribution < -0.4 is 0 Å². The lowest BCUT2D eigenvalue weighted by Crippen LogP contribution is -2.31. The first-order valence-corrected chi connectivity index (χ1v) is 6.09. The van der Waals surface area contributed by atoms with Crippen LogP contribution in [0.15, 0.2) is 41.3 Å². The highest BCUT2D eigenvalue weighted by molar-refractivity contribution is 8.01. The molecule has 0 aromatic heterocycles. The summed E-state index contributed by atoms with van der Waals surface area (Å²) in [5.41, 5.74) is 1.14. The maximum absolute atomic E-state index is 11.4. The molecule has 1 aliphatic carbocycles. The van der Waals surface area contributed by atoms with Gasteiger partial charge in [0.2, 0.25) is 0 Å². The zero-order valence-electron chi connectivity index (χ0n) is 9.14. The van der Waals surface area contributed by atoms with E-state index in [9.17, 15) is 9.90 Å². The van der Waals surface area contributed by atoms with Crippen LogP contribution in [0.3, 0.4) is 0 Å². The average Bonchev–Trinajstić information content (AvgIpc) is 2.71. The minimum absolute atomic E-state index is 0.612. The number of aliphatic carboxylic acids is 1. The van der Waals surface area contributed by atoms with Gasteiger partial charge in [0.15, 0.2) is 0 Å². The molecule has 1 aliphatic rings. The Kier molecular flexibility index (Phi) is 3.06. The van der Waals surface area contributed by atoms with E-state index < -0.39 is 10.7 Å². The lowest BCUT2D eigenvalue weighted by atomic mass is 10.1. The van der Waals surface area contributed by atoms with Crippen LogP contribution in [-0.2, 0) is 4.79 Å². The van der Waals surface area contributed by atoms with Crippen LogP contribution in [0.4, 0.5) is 0 Å². The molecule has 0 aliphatic heterocycles. The zero-order valence-corrected chi connectivity index (χ0v) is 9.96. The number of allylic oxidation sites excluding steroid dienone is 2. The van der Waals surface area contributed by atoms with Crippen molar-refractivity contribution in [3.63, 3.8) is 0 Å². The molecule has 16 heavy (non-hydrogen) atoms. The van der Waals surface area contributed by atoms with Crippen LogP contribution in [0.5, 0.6) is 0 Å². The molecule has 0 fully saturated rings. The van der Waals surface area contributed by atoms with E-state index in [1.807, 2.05) is 43.3 Å². The monoisotopic (exact) mass is 234 g/mol. The fraction of sp³-hybridized carbons (Fsp3) is 0.308. The van der Waals surface area contributed by atoms with E-state index in [1.54, 1.807) is 0 Å². The molecule has 1 aromatic rings. The number of hydrogen-bond donors (Lipinski definition) is 1. The van der Waals surface area contributed by atoms with Crippen molar-refractivity contribution in [2.24, 2.45) is 0 Å². The van der Waals surface area contributed by atoms with E-state index in [4.69, 9.17) is 0 Å². The maximum atomic E-state index is 11.4. The molecule has 1 N–H and O–H groups in total. The van der Waals surface area contributed by atoms with Crippen LogP contribution in [0.25, 0.3) is 0 Å². The van der Waals surface area contributed by atoms with E-state index >= 15 is 0 Å². The Morgan fingerprint density at radius 1 is 1.31 bits per heavy atom. The average molecular weight is 234 g/mol. The smallest absolute Gasteiger partial charge is 0.320 e. The largest absolute Gasteiger partial charge is 0.480 e. The Bertz CT molecular complexity index is 429. The number of benzene rings is 1. The number of aryl methyl sites for hydroxylation is 1. The van der Waals surface area contributed by atoms with Crippen molar-refractivity contribution in [3.05, 3.63) is 42.0 Å². The standard InChI is InChI=1S/C13H14O2S/c1-10-6-2-3-7-11(10)16-13(12(14)15)8-4-5-9-13/h2-7H,8-9H2,1H3,(H,14,15). The van der Waals surface area contributed by atoms with Crippen molar-refractivity contribution in [3.8, 4) is 0 Å². The first kappa shape index (κ1) is 11.3. The minimum atomic E-state index is -0.717. The number of rotatable bonds is 3. The van der Waals surface area contributed by atoms with Gasteiger partial charge in [-0.05, 0) is 31.4 Å². The Morgan fingerprint density at radius 3 is 2.50 bits per heavy atom. The van der Waals surface area contributed by atoms with Gasteiger partial charge in [-0.25, -0.2) is 0 Å². The molecular weight excluding hydrogens is 220 g/mol.